The maximum atomic E-state index is 12.7. The molecule has 0 saturated heterocycles. The van der Waals surface area contributed by atoms with Crippen molar-refractivity contribution in [3.8, 4) is 11.4 Å². The molecular formula is C21H17ClN4O4S. The number of benzene rings is 3. The molecule has 1 atom stereocenters. The summed E-state index contributed by atoms with van der Waals surface area (Å²) < 4.78 is 31.2. The molecule has 3 aromatic carbocycles. The summed E-state index contributed by atoms with van der Waals surface area (Å²) in [5.74, 6) is -0.574. The molecule has 4 rings (SSSR count). The second-order valence-corrected chi connectivity index (χ2v) is 8.92. The van der Waals surface area contributed by atoms with Crippen LogP contribution in [0, 0.1) is 0 Å². The molecule has 0 aliphatic carbocycles. The van der Waals surface area contributed by atoms with Crippen LogP contribution < -0.4 is 9.46 Å². The van der Waals surface area contributed by atoms with Crippen molar-refractivity contribution in [1.82, 2.24) is 19.7 Å². The Labute approximate surface area is 183 Å². The van der Waals surface area contributed by atoms with Crippen LogP contribution in [-0.4, -0.2) is 35.6 Å². The lowest BCUT2D eigenvalue weighted by Crippen LogP contribution is -2.36. The van der Waals surface area contributed by atoms with Crippen molar-refractivity contribution >= 4 is 38.6 Å². The van der Waals surface area contributed by atoms with Gasteiger partial charge in [-0.05, 0) is 30.3 Å². The van der Waals surface area contributed by atoms with Crippen molar-refractivity contribution in [2.45, 2.75) is 6.10 Å². The van der Waals surface area contributed by atoms with Crippen LogP contribution in [0.1, 0.15) is 11.7 Å². The minimum absolute atomic E-state index is 0.252. The number of hydrogen-bond donors (Lipinski definition) is 1. The molecule has 1 heterocycles. The summed E-state index contributed by atoms with van der Waals surface area (Å²) in [6.45, 7) is 0. The first kappa shape index (κ1) is 20.8. The molecule has 0 aliphatic rings. The molecule has 1 amide bonds. The van der Waals surface area contributed by atoms with E-state index in [1.54, 1.807) is 48.5 Å². The molecule has 1 N–H and O–H groups in total. The van der Waals surface area contributed by atoms with Gasteiger partial charge in [0.25, 0.3) is 5.91 Å². The van der Waals surface area contributed by atoms with Crippen LogP contribution in [0.15, 0.2) is 72.8 Å². The van der Waals surface area contributed by atoms with Gasteiger partial charge in [-0.15, -0.1) is 15.0 Å². The first-order chi connectivity index (χ1) is 14.8. The molecule has 1 unspecified atom stereocenters. The van der Waals surface area contributed by atoms with Gasteiger partial charge in [0.2, 0.25) is 16.1 Å². The molecule has 1 aromatic heterocycles. The Balaban J connectivity index is 1.77. The van der Waals surface area contributed by atoms with E-state index in [9.17, 15) is 13.2 Å². The number of aromatic nitrogens is 3. The Morgan fingerprint density at radius 3 is 2.23 bits per heavy atom. The smallest absolute Gasteiger partial charge is 0.279 e. The highest BCUT2D eigenvalue weighted by atomic mass is 35.5. The molecule has 0 radical (unpaired) electrons. The lowest BCUT2D eigenvalue weighted by molar-refractivity contribution is -0.126. The number of ether oxygens (including phenoxy) is 1. The zero-order chi connectivity index (χ0) is 22.0. The van der Waals surface area contributed by atoms with Crippen molar-refractivity contribution < 1.29 is 17.9 Å². The van der Waals surface area contributed by atoms with Crippen LogP contribution in [0.3, 0.4) is 0 Å². The molecule has 158 valence electrons. The van der Waals surface area contributed by atoms with Crippen LogP contribution in [0.2, 0.25) is 5.02 Å². The van der Waals surface area contributed by atoms with E-state index in [4.69, 9.17) is 16.3 Å². The van der Waals surface area contributed by atoms with Crippen LogP contribution in [0.5, 0.6) is 5.75 Å². The van der Waals surface area contributed by atoms with Gasteiger partial charge in [0, 0.05) is 10.6 Å². The molecule has 4 aromatic rings. The number of nitrogens with zero attached hydrogens (tertiary/aromatic N) is 3. The number of nitrogens with one attached hydrogen (secondary N) is 1. The van der Waals surface area contributed by atoms with Gasteiger partial charge in [-0.3, -0.25) is 4.79 Å². The van der Waals surface area contributed by atoms with E-state index in [1.807, 2.05) is 29.0 Å². The van der Waals surface area contributed by atoms with Crippen molar-refractivity contribution in [3.05, 3.63) is 83.4 Å². The monoisotopic (exact) mass is 456 g/mol. The predicted octanol–water partition coefficient (Wildman–Crippen LogP) is 3.27. The maximum Gasteiger partial charge on any atom is 0.279 e. The fraction of sp³-hybridized carbons (Fsp3) is 0.0952. The molecule has 31 heavy (non-hydrogen) atoms. The van der Waals surface area contributed by atoms with Gasteiger partial charge in [0.1, 0.15) is 22.5 Å². The SMILES string of the molecule is CS(=O)(=O)NC(=O)C(Oc1ccc(Cl)cc1-n1nc2ccccc2n1)c1ccccc1. The Hall–Kier alpha value is -3.43. The molecule has 10 heteroatoms. The van der Waals surface area contributed by atoms with Crippen molar-refractivity contribution in [3.63, 3.8) is 0 Å². The van der Waals surface area contributed by atoms with Crippen LogP contribution in [0.25, 0.3) is 16.7 Å². The number of halogens is 1. The lowest BCUT2D eigenvalue weighted by Gasteiger charge is -2.20. The second-order valence-electron chi connectivity index (χ2n) is 6.74. The predicted molar refractivity (Wildman–Crippen MR) is 117 cm³/mol. The van der Waals surface area contributed by atoms with Gasteiger partial charge in [-0.1, -0.05) is 54.1 Å². The van der Waals surface area contributed by atoms with Crippen LogP contribution in [-0.2, 0) is 14.8 Å². The highest BCUT2D eigenvalue weighted by Crippen LogP contribution is 2.31. The molecule has 0 aliphatic heterocycles. The fourth-order valence-corrected chi connectivity index (χ4v) is 3.62. The third-order valence-corrected chi connectivity index (χ3v) is 5.10. The van der Waals surface area contributed by atoms with Gasteiger partial charge in [0.15, 0.2) is 0 Å². The van der Waals surface area contributed by atoms with Crippen molar-refractivity contribution in [2.75, 3.05) is 6.26 Å². The maximum absolute atomic E-state index is 12.7. The van der Waals surface area contributed by atoms with Gasteiger partial charge in [-0.2, -0.15) is 0 Å². The van der Waals surface area contributed by atoms with E-state index >= 15 is 0 Å². The molecular weight excluding hydrogens is 440 g/mol. The summed E-state index contributed by atoms with van der Waals surface area (Å²) >= 11 is 6.19. The number of rotatable bonds is 6. The largest absolute Gasteiger partial charge is 0.473 e. The van der Waals surface area contributed by atoms with Gasteiger partial charge >= 0.3 is 0 Å². The first-order valence-electron chi connectivity index (χ1n) is 9.15. The highest BCUT2D eigenvalue weighted by molar-refractivity contribution is 7.89. The van der Waals surface area contributed by atoms with Crippen molar-refractivity contribution in [2.24, 2.45) is 0 Å². The third kappa shape index (κ3) is 4.84. The number of amides is 1. The van der Waals surface area contributed by atoms with E-state index in [0.717, 1.165) is 6.26 Å². The fourth-order valence-electron chi connectivity index (χ4n) is 2.98. The summed E-state index contributed by atoms with van der Waals surface area (Å²) in [4.78, 5) is 14.1. The number of sulfonamides is 1. The number of hydrogen-bond acceptors (Lipinski definition) is 6. The number of fused-ring (bicyclic) bond motifs is 1. The molecule has 8 nitrogen and oxygen atoms in total. The lowest BCUT2D eigenvalue weighted by atomic mass is 10.1. The van der Waals surface area contributed by atoms with Crippen molar-refractivity contribution in [1.29, 1.82) is 0 Å². The van der Waals surface area contributed by atoms with E-state index in [-0.39, 0.29) is 5.75 Å². The molecule has 0 bridgehead atoms. The van der Waals surface area contributed by atoms with Crippen LogP contribution >= 0.6 is 11.6 Å². The number of carbonyl (C=O) groups excluding carboxylic acids is 1. The van der Waals surface area contributed by atoms with E-state index in [1.165, 1.54) is 4.80 Å². The van der Waals surface area contributed by atoms with Gasteiger partial charge in [0.05, 0.1) is 6.26 Å². The Morgan fingerprint density at radius 1 is 1.00 bits per heavy atom. The second kappa shape index (κ2) is 8.37. The Kier molecular flexibility index (Phi) is 5.62. The topological polar surface area (TPSA) is 103 Å². The quantitative estimate of drug-likeness (QED) is 0.477. The molecule has 0 saturated carbocycles. The van der Waals surface area contributed by atoms with E-state index < -0.39 is 22.0 Å². The summed E-state index contributed by atoms with van der Waals surface area (Å²) in [5.41, 5.74) is 2.21. The Morgan fingerprint density at radius 2 is 1.61 bits per heavy atom. The highest BCUT2D eigenvalue weighted by Gasteiger charge is 2.27. The minimum atomic E-state index is -3.79. The Bertz CT molecular complexity index is 1320. The van der Waals surface area contributed by atoms with Crippen LogP contribution in [0.4, 0.5) is 0 Å². The van der Waals surface area contributed by atoms with Gasteiger partial charge < -0.3 is 4.74 Å². The number of carbonyl (C=O) groups is 1. The summed E-state index contributed by atoms with van der Waals surface area (Å²) in [7, 11) is -3.79. The molecule has 0 spiro atoms. The summed E-state index contributed by atoms with van der Waals surface area (Å²) in [6, 6.07) is 20.7. The zero-order valence-electron chi connectivity index (χ0n) is 16.3. The molecule has 0 fully saturated rings. The third-order valence-electron chi connectivity index (χ3n) is 4.29. The van der Waals surface area contributed by atoms with E-state index in [2.05, 4.69) is 10.2 Å². The first-order valence-corrected chi connectivity index (χ1v) is 11.4. The van der Waals surface area contributed by atoms with Gasteiger partial charge in [-0.25, -0.2) is 13.1 Å². The zero-order valence-corrected chi connectivity index (χ0v) is 17.8. The summed E-state index contributed by atoms with van der Waals surface area (Å²) in [5, 5.41) is 9.30. The average molecular weight is 457 g/mol. The normalized spacial score (nSPS) is 12.5. The minimum Gasteiger partial charge on any atom is -0.473 e. The average Bonchev–Trinajstić information content (AvgIpc) is 3.16. The standard InChI is InChI=1S/C21H17ClN4O4S/c1-31(28,29)25-21(27)20(14-7-3-2-4-8-14)30-19-12-11-15(22)13-18(19)26-23-16-9-5-6-10-17(16)24-26/h2-13,20H,1H3,(H,25,27). The van der Waals surface area contributed by atoms with E-state index in [0.29, 0.717) is 27.3 Å². The summed E-state index contributed by atoms with van der Waals surface area (Å²) in [6.07, 6.45) is -0.333.